The molecule has 2 aliphatic heterocycles. The van der Waals surface area contributed by atoms with Crippen LogP contribution in [-0.4, -0.2) is 77.4 Å². The number of furan rings is 1. The van der Waals surface area contributed by atoms with Crippen molar-refractivity contribution >= 4 is 11.9 Å². The van der Waals surface area contributed by atoms with Crippen LogP contribution in [0.1, 0.15) is 49.2 Å². The molecule has 0 aliphatic carbocycles. The van der Waals surface area contributed by atoms with Gasteiger partial charge in [-0.3, -0.25) is 4.79 Å². The van der Waals surface area contributed by atoms with Crippen LogP contribution in [0.15, 0.2) is 16.7 Å². The van der Waals surface area contributed by atoms with Gasteiger partial charge in [-0.1, -0.05) is 13.8 Å². The quantitative estimate of drug-likeness (QED) is 0.783. The van der Waals surface area contributed by atoms with Crippen LogP contribution < -0.4 is 0 Å². The highest BCUT2D eigenvalue weighted by Crippen LogP contribution is 2.36. The molecule has 2 saturated heterocycles. The zero-order valence-electron chi connectivity index (χ0n) is 17.5. The fourth-order valence-electron chi connectivity index (χ4n) is 4.13. The number of carbonyl (C=O) groups is 2. The Morgan fingerprint density at radius 3 is 2.47 bits per heavy atom. The molecule has 0 aromatic carbocycles. The van der Waals surface area contributed by atoms with E-state index in [2.05, 4.69) is 18.7 Å². The fourth-order valence-corrected chi connectivity index (χ4v) is 4.13. The van der Waals surface area contributed by atoms with Gasteiger partial charge in [-0.25, -0.2) is 4.79 Å². The number of ether oxygens (including phenoxy) is 1. The molecule has 1 N–H and O–H groups in total. The monoisotopic (exact) mass is 434 g/mol. The number of carbonyl (C=O) groups excluding carboxylic acids is 1. The molecular formula is C20H29F3N2O5. The van der Waals surface area contributed by atoms with Crippen molar-refractivity contribution in [2.45, 2.75) is 57.9 Å². The molecule has 0 bridgehead atoms. The SMILES string of the molecule is CCN(CC)[C@@H]1CCO[C@]2(CCN(C(=O)c3ccoc3C)C2)C1.O=C(O)C(F)(F)F. The van der Waals surface area contributed by atoms with Crippen LogP contribution in [0.5, 0.6) is 0 Å². The molecule has 1 aromatic heterocycles. The second kappa shape index (κ2) is 9.82. The second-order valence-corrected chi connectivity index (χ2v) is 7.57. The highest BCUT2D eigenvalue weighted by molar-refractivity contribution is 5.95. The van der Waals surface area contributed by atoms with E-state index in [4.69, 9.17) is 19.1 Å². The molecule has 0 unspecified atom stereocenters. The number of aliphatic carboxylic acids is 1. The minimum atomic E-state index is -5.08. The van der Waals surface area contributed by atoms with E-state index in [1.54, 1.807) is 12.3 Å². The van der Waals surface area contributed by atoms with Crippen LogP contribution in [0.2, 0.25) is 0 Å². The number of hydrogen-bond donors (Lipinski definition) is 1. The van der Waals surface area contributed by atoms with Crippen molar-refractivity contribution in [3.63, 3.8) is 0 Å². The molecule has 0 saturated carbocycles. The number of halogens is 3. The highest BCUT2D eigenvalue weighted by atomic mass is 19.4. The minimum Gasteiger partial charge on any atom is -0.475 e. The molecule has 2 fully saturated rings. The van der Waals surface area contributed by atoms with Crippen molar-refractivity contribution in [1.29, 1.82) is 0 Å². The van der Waals surface area contributed by atoms with Gasteiger partial charge < -0.3 is 24.1 Å². The number of hydrogen-bond acceptors (Lipinski definition) is 5. The highest BCUT2D eigenvalue weighted by Gasteiger charge is 2.45. The summed E-state index contributed by atoms with van der Waals surface area (Å²) in [6.07, 6.45) is -0.434. The summed E-state index contributed by atoms with van der Waals surface area (Å²) in [4.78, 5) is 26.0. The lowest BCUT2D eigenvalue weighted by Crippen LogP contribution is -2.50. The van der Waals surface area contributed by atoms with E-state index in [9.17, 15) is 18.0 Å². The van der Waals surface area contributed by atoms with Gasteiger partial charge in [0.15, 0.2) is 0 Å². The van der Waals surface area contributed by atoms with E-state index in [0.29, 0.717) is 23.9 Å². The normalized spacial score (nSPS) is 24.1. The topological polar surface area (TPSA) is 83.2 Å². The Labute approximate surface area is 173 Å². The van der Waals surface area contributed by atoms with Crippen molar-refractivity contribution in [1.82, 2.24) is 9.80 Å². The molecule has 2 atom stereocenters. The molecule has 1 spiro atoms. The predicted molar refractivity (Wildman–Crippen MR) is 102 cm³/mol. The van der Waals surface area contributed by atoms with Crippen molar-refractivity contribution in [3.8, 4) is 0 Å². The first kappa shape index (κ1) is 24.2. The lowest BCUT2D eigenvalue weighted by molar-refractivity contribution is -0.192. The summed E-state index contributed by atoms with van der Waals surface area (Å²) in [7, 11) is 0. The van der Waals surface area contributed by atoms with E-state index in [1.807, 2.05) is 11.8 Å². The minimum absolute atomic E-state index is 0.0710. The maximum atomic E-state index is 12.7. The zero-order chi connectivity index (χ0) is 22.5. The average molecular weight is 434 g/mol. The van der Waals surface area contributed by atoms with E-state index in [0.717, 1.165) is 45.5 Å². The summed E-state index contributed by atoms with van der Waals surface area (Å²) in [6, 6.07) is 2.34. The average Bonchev–Trinajstić information content (AvgIpc) is 3.29. The summed E-state index contributed by atoms with van der Waals surface area (Å²) >= 11 is 0. The number of carboxylic acids is 1. The molecule has 3 rings (SSSR count). The van der Waals surface area contributed by atoms with Gasteiger partial charge >= 0.3 is 12.1 Å². The Balaban J connectivity index is 0.000000396. The molecule has 1 aromatic rings. The second-order valence-electron chi connectivity index (χ2n) is 7.57. The van der Waals surface area contributed by atoms with Crippen LogP contribution in [0.4, 0.5) is 13.2 Å². The largest absolute Gasteiger partial charge is 0.490 e. The number of carboxylic acid groups (broad SMARTS) is 1. The summed E-state index contributed by atoms with van der Waals surface area (Å²) in [6.45, 7) is 10.7. The molecular weight excluding hydrogens is 405 g/mol. The van der Waals surface area contributed by atoms with Crippen LogP contribution in [-0.2, 0) is 9.53 Å². The van der Waals surface area contributed by atoms with E-state index < -0.39 is 12.1 Å². The smallest absolute Gasteiger partial charge is 0.475 e. The number of nitrogens with zero attached hydrogens (tertiary/aromatic N) is 2. The summed E-state index contributed by atoms with van der Waals surface area (Å²) in [5, 5.41) is 7.12. The van der Waals surface area contributed by atoms with Gasteiger partial charge in [-0.05, 0) is 45.3 Å². The molecule has 7 nitrogen and oxygen atoms in total. The third-order valence-corrected chi connectivity index (χ3v) is 5.73. The van der Waals surface area contributed by atoms with Crippen molar-refractivity contribution in [2.75, 3.05) is 32.8 Å². The maximum absolute atomic E-state index is 12.7. The van der Waals surface area contributed by atoms with Crippen LogP contribution in [0.25, 0.3) is 0 Å². The Hall–Kier alpha value is -2.07. The Morgan fingerprint density at radius 2 is 1.97 bits per heavy atom. The van der Waals surface area contributed by atoms with Crippen molar-refractivity contribution in [3.05, 3.63) is 23.7 Å². The van der Waals surface area contributed by atoms with Gasteiger partial charge in [0, 0.05) is 19.2 Å². The number of likely N-dealkylation sites (tertiary alicyclic amines) is 1. The third kappa shape index (κ3) is 5.75. The van der Waals surface area contributed by atoms with Crippen LogP contribution in [0, 0.1) is 6.92 Å². The van der Waals surface area contributed by atoms with Gasteiger partial charge in [0.1, 0.15) is 5.76 Å². The van der Waals surface area contributed by atoms with Crippen molar-refractivity contribution < 1.29 is 37.0 Å². The fraction of sp³-hybridized carbons (Fsp3) is 0.700. The van der Waals surface area contributed by atoms with Gasteiger partial charge in [0.2, 0.25) is 0 Å². The molecule has 30 heavy (non-hydrogen) atoms. The number of alkyl halides is 3. The van der Waals surface area contributed by atoms with Gasteiger partial charge in [0.05, 0.1) is 24.0 Å². The van der Waals surface area contributed by atoms with Gasteiger partial charge in [-0.2, -0.15) is 13.2 Å². The Bertz CT molecular complexity index is 732. The number of rotatable bonds is 4. The zero-order valence-corrected chi connectivity index (χ0v) is 17.5. The molecule has 0 radical (unpaired) electrons. The van der Waals surface area contributed by atoms with E-state index in [1.165, 1.54) is 0 Å². The molecule has 170 valence electrons. The standard InChI is InChI=1S/C18H28N2O3.C2HF3O2/c1-4-19(5-2)15-6-11-23-18(12-15)8-9-20(13-18)17(21)16-7-10-22-14(16)3;3-2(4,5)1(6)7/h7,10,15H,4-6,8-9,11-13H2,1-3H3;(H,6,7)/t15-,18-;/m1./s1. The predicted octanol–water partition coefficient (Wildman–Crippen LogP) is 3.33. The van der Waals surface area contributed by atoms with Crippen molar-refractivity contribution in [2.24, 2.45) is 0 Å². The number of amides is 1. The Morgan fingerprint density at radius 1 is 1.33 bits per heavy atom. The maximum Gasteiger partial charge on any atom is 0.490 e. The summed E-state index contributed by atoms with van der Waals surface area (Å²) in [5.74, 6) is -1.99. The lowest BCUT2D eigenvalue weighted by Gasteiger charge is -2.42. The number of aryl methyl sites for hydroxylation is 1. The molecule has 10 heteroatoms. The molecule has 2 aliphatic rings. The first-order valence-corrected chi connectivity index (χ1v) is 10.0. The third-order valence-electron chi connectivity index (χ3n) is 5.73. The van der Waals surface area contributed by atoms with Gasteiger partial charge in [0.25, 0.3) is 5.91 Å². The van der Waals surface area contributed by atoms with Crippen LogP contribution in [0.3, 0.4) is 0 Å². The first-order chi connectivity index (χ1) is 14.0. The van der Waals surface area contributed by atoms with E-state index >= 15 is 0 Å². The summed E-state index contributed by atoms with van der Waals surface area (Å²) in [5.41, 5.74) is 0.525. The first-order valence-electron chi connectivity index (χ1n) is 10.0. The van der Waals surface area contributed by atoms with Crippen LogP contribution >= 0.6 is 0 Å². The molecule has 3 heterocycles. The van der Waals surface area contributed by atoms with Gasteiger partial charge in [-0.15, -0.1) is 0 Å². The lowest BCUT2D eigenvalue weighted by atomic mass is 9.88. The molecule has 1 amide bonds. The van der Waals surface area contributed by atoms with E-state index in [-0.39, 0.29) is 11.5 Å². The summed E-state index contributed by atoms with van der Waals surface area (Å²) < 4.78 is 43.2. The Kier molecular flexibility index (Phi) is 7.93.